The molecule has 1 amide bonds. The van der Waals surface area contributed by atoms with Crippen molar-refractivity contribution in [3.8, 4) is 0 Å². The second kappa shape index (κ2) is 9.84. The van der Waals surface area contributed by atoms with E-state index in [9.17, 15) is 13.2 Å². The van der Waals surface area contributed by atoms with E-state index in [2.05, 4.69) is 24.1 Å². The molecule has 0 spiro atoms. The van der Waals surface area contributed by atoms with Crippen LogP contribution in [-0.4, -0.2) is 49.7 Å². The zero-order valence-electron chi connectivity index (χ0n) is 17.0. The van der Waals surface area contributed by atoms with Crippen molar-refractivity contribution < 1.29 is 13.2 Å². The fraction of sp³-hybridized carbons (Fsp3) is 0.476. The van der Waals surface area contributed by atoms with Crippen molar-refractivity contribution in [3.63, 3.8) is 0 Å². The zero-order chi connectivity index (χ0) is 20.9. The summed E-state index contributed by atoms with van der Waals surface area (Å²) in [6.45, 7) is 7.97. The molecule has 29 heavy (non-hydrogen) atoms. The highest BCUT2D eigenvalue weighted by molar-refractivity contribution is 7.91. The van der Waals surface area contributed by atoms with Crippen LogP contribution < -0.4 is 5.32 Å². The van der Waals surface area contributed by atoms with Gasteiger partial charge in [0.1, 0.15) is 4.21 Å². The average Bonchev–Trinajstić information content (AvgIpc) is 3.29. The van der Waals surface area contributed by atoms with Gasteiger partial charge < -0.3 is 5.32 Å². The quantitative estimate of drug-likeness (QED) is 0.687. The lowest BCUT2D eigenvalue weighted by atomic mass is 9.97. The van der Waals surface area contributed by atoms with E-state index in [1.165, 1.54) is 21.2 Å². The third kappa shape index (κ3) is 5.45. The van der Waals surface area contributed by atoms with Crippen molar-refractivity contribution in [1.82, 2.24) is 9.21 Å². The minimum absolute atomic E-state index is 0.0327. The van der Waals surface area contributed by atoms with Gasteiger partial charge in [-0.3, -0.25) is 9.69 Å². The molecule has 1 aliphatic rings. The number of carbonyl (C=O) groups excluding carboxylic acids is 1. The summed E-state index contributed by atoms with van der Waals surface area (Å²) in [5, 5.41) is 4.75. The lowest BCUT2D eigenvalue weighted by Crippen LogP contribution is -2.41. The SMILES string of the molecule is CCN(CC)Cc1ccc(NC(=O)C2CCN(S(=O)(=O)c3cccs3)CC2)cc1. The zero-order valence-corrected chi connectivity index (χ0v) is 18.6. The average molecular weight is 436 g/mol. The van der Waals surface area contributed by atoms with Crippen LogP contribution in [0.4, 0.5) is 5.69 Å². The topological polar surface area (TPSA) is 69.7 Å². The number of benzene rings is 1. The summed E-state index contributed by atoms with van der Waals surface area (Å²) < 4.78 is 27.1. The smallest absolute Gasteiger partial charge is 0.252 e. The van der Waals surface area contributed by atoms with Gasteiger partial charge in [0.05, 0.1) is 0 Å². The number of anilines is 1. The van der Waals surface area contributed by atoms with Gasteiger partial charge in [0.25, 0.3) is 10.0 Å². The number of nitrogens with one attached hydrogen (secondary N) is 1. The minimum atomic E-state index is -3.43. The van der Waals surface area contributed by atoms with Gasteiger partial charge in [0.2, 0.25) is 5.91 Å². The van der Waals surface area contributed by atoms with E-state index in [0.717, 1.165) is 25.3 Å². The standard InChI is InChI=1S/C21H29N3O3S2/c1-3-23(4-2)16-17-7-9-19(10-8-17)22-21(25)18-11-13-24(14-12-18)29(26,27)20-6-5-15-28-20/h5-10,15,18H,3-4,11-14,16H2,1-2H3,(H,22,25). The molecule has 0 saturated carbocycles. The molecule has 1 N–H and O–H groups in total. The summed E-state index contributed by atoms with van der Waals surface area (Å²) in [7, 11) is -3.43. The first-order valence-corrected chi connectivity index (χ1v) is 12.4. The molecule has 1 fully saturated rings. The van der Waals surface area contributed by atoms with E-state index >= 15 is 0 Å². The first-order valence-electron chi connectivity index (χ1n) is 10.1. The van der Waals surface area contributed by atoms with Crippen LogP contribution in [-0.2, 0) is 21.4 Å². The van der Waals surface area contributed by atoms with Gasteiger partial charge in [-0.05, 0) is 55.1 Å². The first kappa shape index (κ1) is 22.0. The molecule has 0 atom stereocenters. The van der Waals surface area contributed by atoms with Crippen LogP contribution >= 0.6 is 11.3 Å². The van der Waals surface area contributed by atoms with Crippen LogP contribution in [0.25, 0.3) is 0 Å². The lowest BCUT2D eigenvalue weighted by Gasteiger charge is -2.30. The molecule has 2 heterocycles. The summed E-state index contributed by atoms with van der Waals surface area (Å²) in [4.78, 5) is 15.0. The first-order chi connectivity index (χ1) is 13.9. The van der Waals surface area contributed by atoms with Crippen LogP contribution in [0.1, 0.15) is 32.3 Å². The van der Waals surface area contributed by atoms with Gasteiger partial charge in [-0.25, -0.2) is 8.42 Å². The fourth-order valence-electron chi connectivity index (χ4n) is 3.54. The van der Waals surface area contributed by atoms with Crippen molar-refractivity contribution in [2.75, 3.05) is 31.5 Å². The second-order valence-electron chi connectivity index (χ2n) is 7.26. The number of hydrogen-bond donors (Lipinski definition) is 1. The van der Waals surface area contributed by atoms with Crippen LogP contribution in [0.2, 0.25) is 0 Å². The summed E-state index contributed by atoms with van der Waals surface area (Å²) in [5.74, 6) is -0.199. The Morgan fingerprint density at radius 1 is 1.14 bits per heavy atom. The Bertz CT molecular complexity index is 884. The molecule has 6 nitrogen and oxygen atoms in total. The summed E-state index contributed by atoms with van der Waals surface area (Å²) in [6.07, 6.45) is 1.08. The van der Waals surface area contributed by atoms with Gasteiger partial charge >= 0.3 is 0 Å². The predicted molar refractivity (Wildman–Crippen MR) is 117 cm³/mol. The number of piperidine rings is 1. The Kier molecular flexibility index (Phi) is 7.45. The van der Waals surface area contributed by atoms with Crippen LogP contribution in [0.3, 0.4) is 0 Å². The molecular formula is C21H29N3O3S2. The maximum atomic E-state index is 12.6. The van der Waals surface area contributed by atoms with Crippen molar-refractivity contribution in [2.45, 2.75) is 37.4 Å². The van der Waals surface area contributed by atoms with E-state index in [1.807, 2.05) is 24.3 Å². The molecule has 2 aromatic rings. The lowest BCUT2D eigenvalue weighted by molar-refractivity contribution is -0.120. The van der Waals surface area contributed by atoms with Crippen molar-refractivity contribution in [1.29, 1.82) is 0 Å². The predicted octanol–water partition coefficient (Wildman–Crippen LogP) is 3.63. The van der Waals surface area contributed by atoms with Gasteiger partial charge in [0, 0.05) is 31.2 Å². The monoisotopic (exact) mass is 435 g/mol. The number of carbonyl (C=O) groups is 1. The summed E-state index contributed by atoms with van der Waals surface area (Å²) >= 11 is 1.23. The molecule has 1 saturated heterocycles. The molecule has 1 aliphatic heterocycles. The normalized spacial score (nSPS) is 16.2. The van der Waals surface area contributed by atoms with Crippen molar-refractivity contribution in [2.24, 2.45) is 5.92 Å². The third-order valence-electron chi connectivity index (χ3n) is 5.44. The molecule has 0 unspecified atom stereocenters. The van der Waals surface area contributed by atoms with E-state index < -0.39 is 10.0 Å². The fourth-order valence-corrected chi connectivity index (χ4v) is 6.15. The summed E-state index contributed by atoms with van der Waals surface area (Å²) in [6, 6.07) is 11.3. The highest BCUT2D eigenvalue weighted by Crippen LogP contribution is 2.27. The van der Waals surface area contributed by atoms with Gasteiger partial charge in [0.15, 0.2) is 0 Å². The third-order valence-corrected chi connectivity index (χ3v) is 8.71. The highest BCUT2D eigenvalue weighted by Gasteiger charge is 2.32. The van der Waals surface area contributed by atoms with Gasteiger partial charge in [-0.1, -0.05) is 32.0 Å². The number of thiophene rings is 1. The van der Waals surface area contributed by atoms with E-state index in [0.29, 0.717) is 30.1 Å². The van der Waals surface area contributed by atoms with E-state index in [4.69, 9.17) is 0 Å². The van der Waals surface area contributed by atoms with E-state index in [-0.39, 0.29) is 11.8 Å². The molecular weight excluding hydrogens is 406 g/mol. The molecule has 1 aromatic carbocycles. The molecule has 3 rings (SSSR count). The van der Waals surface area contributed by atoms with Gasteiger partial charge in [-0.2, -0.15) is 4.31 Å². The summed E-state index contributed by atoms with van der Waals surface area (Å²) in [5.41, 5.74) is 2.01. The molecule has 0 radical (unpaired) electrons. The minimum Gasteiger partial charge on any atom is -0.326 e. The molecule has 1 aromatic heterocycles. The maximum absolute atomic E-state index is 12.6. The maximum Gasteiger partial charge on any atom is 0.252 e. The Balaban J connectivity index is 1.52. The number of rotatable bonds is 8. The van der Waals surface area contributed by atoms with Crippen LogP contribution in [0, 0.1) is 5.92 Å². The highest BCUT2D eigenvalue weighted by atomic mass is 32.2. The number of nitrogens with zero attached hydrogens (tertiary/aromatic N) is 2. The Morgan fingerprint density at radius 2 is 1.79 bits per heavy atom. The molecule has 0 bridgehead atoms. The van der Waals surface area contributed by atoms with Crippen molar-refractivity contribution in [3.05, 3.63) is 47.3 Å². The van der Waals surface area contributed by atoms with Crippen LogP contribution in [0.5, 0.6) is 0 Å². The Hall–Kier alpha value is -1.74. The number of amides is 1. The van der Waals surface area contributed by atoms with Crippen molar-refractivity contribution >= 4 is 33.0 Å². The van der Waals surface area contributed by atoms with Crippen LogP contribution in [0.15, 0.2) is 46.0 Å². The Labute approximate surface area is 177 Å². The second-order valence-corrected chi connectivity index (χ2v) is 10.4. The molecule has 0 aliphatic carbocycles. The number of sulfonamides is 1. The van der Waals surface area contributed by atoms with Gasteiger partial charge in [-0.15, -0.1) is 11.3 Å². The number of hydrogen-bond acceptors (Lipinski definition) is 5. The Morgan fingerprint density at radius 3 is 2.34 bits per heavy atom. The molecule has 8 heteroatoms. The van der Waals surface area contributed by atoms with E-state index in [1.54, 1.807) is 17.5 Å². The molecule has 158 valence electrons. The largest absolute Gasteiger partial charge is 0.326 e.